The maximum atomic E-state index is 5.91. The quantitative estimate of drug-likeness (QED) is 0.494. The summed E-state index contributed by atoms with van der Waals surface area (Å²) in [5.74, 6) is 0. The van der Waals surface area contributed by atoms with E-state index in [1.807, 2.05) is 42.0 Å². The molecule has 1 aromatic carbocycles. The molecule has 4 aromatic rings. The maximum absolute atomic E-state index is 5.91. The molecule has 1 fully saturated rings. The lowest BCUT2D eigenvalue weighted by atomic mass is 10.0. The third-order valence-corrected chi connectivity index (χ3v) is 5.58. The molecular formula is C23H26N6O. The van der Waals surface area contributed by atoms with Crippen LogP contribution in [0.15, 0.2) is 48.9 Å². The summed E-state index contributed by atoms with van der Waals surface area (Å²) in [7, 11) is 4.12. The van der Waals surface area contributed by atoms with Crippen molar-refractivity contribution in [2.45, 2.75) is 13.0 Å². The number of ether oxygens (including phenoxy) is 1. The van der Waals surface area contributed by atoms with E-state index < -0.39 is 0 Å². The van der Waals surface area contributed by atoms with Gasteiger partial charge < -0.3 is 14.5 Å². The highest BCUT2D eigenvalue weighted by Gasteiger charge is 2.28. The van der Waals surface area contributed by atoms with Crippen LogP contribution in [0.25, 0.3) is 27.7 Å². The average molecular weight is 403 g/mol. The van der Waals surface area contributed by atoms with Crippen molar-refractivity contribution in [2.75, 3.05) is 45.2 Å². The highest BCUT2D eigenvalue weighted by atomic mass is 16.5. The number of para-hydroxylation sites is 1. The number of pyridine rings is 1. The minimum Gasteiger partial charge on any atom is -0.373 e. The predicted octanol–water partition coefficient (Wildman–Crippen LogP) is 3.02. The summed E-state index contributed by atoms with van der Waals surface area (Å²) in [6, 6.07) is 10.3. The molecular weight excluding hydrogens is 376 g/mol. The van der Waals surface area contributed by atoms with E-state index >= 15 is 0 Å². The Hall–Kier alpha value is -3.03. The van der Waals surface area contributed by atoms with Gasteiger partial charge in [-0.25, -0.2) is 9.50 Å². The summed E-state index contributed by atoms with van der Waals surface area (Å²) in [4.78, 5) is 13.8. The molecule has 0 radical (unpaired) electrons. The van der Waals surface area contributed by atoms with Crippen LogP contribution in [0.2, 0.25) is 0 Å². The van der Waals surface area contributed by atoms with Gasteiger partial charge in [-0.2, -0.15) is 5.10 Å². The Morgan fingerprint density at radius 3 is 2.80 bits per heavy atom. The summed E-state index contributed by atoms with van der Waals surface area (Å²) in [6.45, 7) is 5.52. The lowest BCUT2D eigenvalue weighted by Crippen LogP contribution is -2.53. The minimum atomic E-state index is 0.292. The summed E-state index contributed by atoms with van der Waals surface area (Å²) < 4.78 is 7.78. The first-order chi connectivity index (χ1) is 14.6. The number of fused-ring (bicyclic) bond motifs is 2. The Morgan fingerprint density at radius 1 is 1.13 bits per heavy atom. The van der Waals surface area contributed by atoms with Crippen LogP contribution in [0, 0.1) is 6.92 Å². The summed E-state index contributed by atoms with van der Waals surface area (Å²) in [5, 5.41) is 5.71. The molecule has 0 unspecified atom stereocenters. The molecule has 1 aliphatic rings. The van der Waals surface area contributed by atoms with Gasteiger partial charge in [0.25, 0.3) is 0 Å². The van der Waals surface area contributed by atoms with Gasteiger partial charge in [-0.15, -0.1) is 0 Å². The molecule has 7 heteroatoms. The molecule has 7 nitrogen and oxygen atoms in total. The second-order valence-electron chi connectivity index (χ2n) is 8.17. The number of benzene rings is 1. The highest BCUT2D eigenvalue weighted by molar-refractivity contribution is 5.98. The molecule has 4 heterocycles. The van der Waals surface area contributed by atoms with E-state index in [0.717, 1.165) is 65.3 Å². The first-order valence-corrected chi connectivity index (χ1v) is 10.3. The molecule has 1 saturated heterocycles. The molecule has 0 spiro atoms. The fourth-order valence-electron chi connectivity index (χ4n) is 3.91. The van der Waals surface area contributed by atoms with Crippen molar-refractivity contribution in [3.63, 3.8) is 0 Å². The molecule has 3 aromatic heterocycles. The molecule has 30 heavy (non-hydrogen) atoms. The monoisotopic (exact) mass is 402 g/mol. The molecule has 0 N–H and O–H groups in total. The first kappa shape index (κ1) is 19.0. The van der Waals surface area contributed by atoms with E-state index in [9.17, 15) is 0 Å². The second-order valence-corrected chi connectivity index (χ2v) is 8.17. The number of likely N-dealkylation sites (N-methyl/N-ethyl adjacent to an activating group) is 1. The number of hydrogen-bond donors (Lipinski definition) is 0. The normalized spacial score (nSPS) is 14.7. The highest BCUT2D eigenvalue weighted by Crippen LogP contribution is 2.32. The number of anilines is 1. The molecule has 0 bridgehead atoms. The minimum absolute atomic E-state index is 0.292. The number of aromatic nitrogens is 4. The van der Waals surface area contributed by atoms with Crippen molar-refractivity contribution in [2.24, 2.45) is 0 Å². The molecule has 0 aliphatic carbocycles. The Morgan fingerprint density at radius 2 is 1.97 bits per heavy atom. The second kappa shape index (κ2) is 7.66. The van der Waals surface area contributed by atoms with E-state index in [1.165, 1.54) is 0 Å². The smallest absolute Gasteiger partial charge is 0.162 e. The largest absolute Gasteiger partial charge is 0.373 e. The first-order valence-electron chi connectivity index (χ1n) is 10.3. The third-order valence-electron chi connectivity index (χ3n) is 5.58. The van der Waals surface area contributed by atoms with E-state index in [2.05, 4.69) is 52.3 Å². The van der Waals surface area contributed by atoms with E-state index in [1.54, 1.807) is 0 Å². The fraction of sp³-hybridized carbons (Fsp3) is 0.348. The SMILES string of the molecule is Cc1cc(-c2cnn3cc(N4CC(OCCN(C)C)C4)cnc23)c2ccccc2n1. The standard InChI is InChI=1S/C23H26N6O/c1-16-10-20(19-6-4-5-7-22(19)26-16)21-12-25-29-13-17(11-24-23(21)29)28-14-18(15-28)30-9-8-27(2)3/h4-7,10-13,18H,8-9,14-15H2,1-3H3. The predicted molar refractivity (Wildman–Crippen MR) is 119 cm³/mol. The Bertz CT molecular complexity index is 1190. The molecule has 0 amide bonds. The molecule has 0 atom stereocenters. The van der Waals surface area contributed by atoms with Gasteiger partial charge in [-0.1, -0.05) is 18.2 Å². The zero-order chi connectivity index (χ0) is 20.7. The summed E-state index contributed by atoms with van der Waals surface area (Å²) in [5.41, 5.74) is 6.04. The van der Waals surface area contributed by atoms with Crippen LogP contribution in [-0.2, 0) is 4.74 Å². The van der Waals surface area contributed by atoms with Crippen LogP contribution in [0.3, 0.4) is 0 Å². The van der Waals surface area contributed by atoms with Crippen molar-refractivity contribution >= 4 is 22.2 Å². The van der Waals surface area contributed by atoms with Gasteiger partial charge in [0, 0.05) is 36.3 Å². The zero-order valence-electron chi connectivity index (χ0n) is 17.6. The summed E-state index contributed by atoms with van der Waals surface area (Å²) in [6.07, 6.45) is 6.18. The topological polar surface area (TPSA) is 58.8 Å². The van der Waals surface area contributed by atoms with Crippen molar-refractivity contribution in [3.05, 3.63) is 54.6 Å². The van der Waals surface area contributed by atoms with Crippen LogP contribution >= 0.6 is 0 Å². The van der Waals surface area contributed by atoms with Crippen LogP contribution < -0.4 is 4.90 Å². The van der Waals surface area contributed by atoms with E-state index in [0.29, 0.717) is 6.10 Å². The van der Waals surface area contributed by atoms with Gasteiger partial charge in [0.05, 0.1) is 42.5 Å². The lowest BCUT2D eigenvalue weighted by molar-refractivity contribution is 0.0268. The Kier molecular flexibility index (Phi) is 4.84. The van der Waals surface area contributed by atoms with Crippen molar-refractivity contribution < 1.29 is 4.74 Å². The van der Waals surface area contributed by atoms with Gasteiger partial charge in [0.15, 0.2) is 5.65 Å². The van der Waals surface area contributed by atoms with Gasteiger partial charge in [0.2, 0.25) is 0 Å². The van der Waals surface area contributed by atoms with Crippen LogP contribution in [0.1, 0.15) is 5.69 Å². The maximum Gasteiger partial charge on any atom is 0.162 e. The Balaban J connectivity index is 1.38. The van der Waals surface area contributed by atoms with Crippen LogP contribution in [0.5, 0.6) is 0 Å². The van der Waals surface area contributed by atoms with E-state index in [4.69, 9.17) is 9.72 Å². The van der Waals surface area contributed by atoms with Crippen molar-refractivity contribution in [1.29, 1.82) is 0 Å². The van der Waals surface area contributed by atoms with E-state index in [-0.39, 0.29) is 0 Å². The average Bonchev–Trinajstić information content (AvgIpc) is 3.11. The van der Waals surface area contributed by atoms with Crippen molar-refractivity contribution in [3.8, 4) is 11.1 Å². The molecule has 0 saturated carbocycles. The number of aryl methyl sites for hydroxylation is 1. The molecule has 5 rings (SSSR count). The van der Waals surface area contributed by atoms with Gasteiger partial charge in [0.1, 0.15) is 0 Å². The third kappa shape index (κ3) is 3.51. The summed E-state index contributed by atoms with van der Waals surface area (Å²) >= 11 is 0. The van der Waals surface area contributed by atoms with Gasteiger partial charge in [-0.3, -0.25) is 4.98 Å². The van der Waals surface area contributed by atoms with Gasteiger partial charge >= 0.3 is 0 Å². The number of rotatable bonds is 6. The van der Waals surface area contributed by atoms with Gasteiger partial charge in [-0.05, 0) is 38.7 Å². The zero-order valence-corrected chi connectivity index (χ0v) is 17.6. The molecule has 1 aliphatic heterocycles. The molecule has 154 valence electrons. The fourth-order valence-corrected chi connectivity index (χ4v) is 3.91. The van der Waals surface area contributed by atoms with Crippen LogP contribution in [0.4, 0.5) is 5.69 Å². The van der Waals surface area contributed by atoms with Crippen molar-refractivity contribution in [1.82, 2.24) is 24.5 Å². The number of hydrogen-bond acceptors (Lipinski definition) is 6. The number of nitrogens with zero attached hydrogens (tertiary/aromatic N) is 6. The Labute approximate surface area is 175 Å². The van der Waals surface area contributed by atoms with Crippen LogP contribution in [-0.4, -0.2) is 70.9 Å². The lowest BCUT2D eigenvalue weighted by Gasteiger charge is -2.40.